The van der Waals surface area contributed by atoms with E-state index in [2.05, 4.69) is 25.7 Å². The van der Waals surface area contributed by atoms with Crippen molar-refractivity contribution in [2.24, 2.45) is 11.1 Å². The molecule has 3 N–H and O–H groups in total. The molecule has 92 valence electrons. The molecule has 1 atom stereocenters. The van der Waals surface area contributed by atoms with Crippen LogP contribution in [-0.2, 0) is 0 Å². The second kappa shape index (κ2) is 5.83. The van der Waals surface area contributed by atoms with Crippen molar-refractivity contribution in [2.75, 3.05) is 26.2 Å². The van der Waals surface area contributed by atoms with E-state index >= 15 is 0 Å². The Labute approximate surface area is 94.6 Å². The highest BCUT2D eigenvalue weighted by Gasteiger charge is 2.26. The largest absolute Gasteiger partial charge is 0.389 e. The quantitative estimate of drug-likeness (QED) is 0.677. The van der Waals surface area contributed by atoms with Gasteiger partial charge in [0.2, 0.25) is 0 Å². The van der Waals surface area contributed by atoms with Crippen LogP contribution in [0.3, 0.4) is 0 Å². The van der Waals surface area contributed by atoms with Crippen molar-refractivity contribution in [1.29, 1.82) is 0 Å². The summed E-state index contributed by atoms with van der Waals surface area (Å²) >= 11 is 0. The standard InChI is InChI=1S/C12H28N2O/c1-6-12(5,8-13)10-14(7-2)9-11(3,4)15/h15H,6-10,13H2,1-5H3. The molecule has 15 heavy (non-hydrogen) atoms. The summed E-state index contributed by atoms with van der Waals surface area (Å²) in [6.45, 7) is 13.5. The van der Waals surface area contributed by atoms with E-state index in [4.69, 9.17) is 5.73 Å². The van der Waals surface area contributed by atoms with Crippen LogP contribution in [0.1, 0.15) is 41.0 Å². The van der Waals surface area contributed by atoms with E-state index in [1.807, 2.05) is 13.8 Å². The summed E-state index contributed by atoms with van der Waals surface area (Å²) in [4.78, 5) is 2.27. The molecule has 0 saturated carbocycles. The van der Waals surface area contributed by atoms with Gasteiger partial charge in [0, 0.05) is 13.1 Å². The first kappa shape index (κ1) is 14.9. The number of nitrogens with two attached hydrogens (primary N) is 1. The van der Waals surface area contributed by atoms with Crippen LogP contribution in [0.4, 0.5) is 0 Å². The lowest BCUT2D eigenvalue weighted by Crippen LogP contribution is -2.45. The fourth-order valence-electron chi connectivity index (χ4n) is 1.69. The minimum atomic E-state index is -0.626. The van der Waals surface area contributed by atoms with Gasteiger partial charge in [0.05, 0.1) is 5.60 Å². The van der Waals surface area contributed by atoms with Gasteiger partial charge in [0.15, 0.2) is 0 Å². The Morgan fingerprint density at radius 3 is 1.93 bits per heavy atom. The first-order valence-electron chi connectivity index (χ1n) is 5.91. The topological polar surface area (TPSA) is 49.5 Å². The summed E-state index contributed by atoms with van der Waals surface area (Å²) in [5.41, 5.74) is 5.34. The molecule has 0 heterocycles. The van der Waals surface area contributed by atoms with Crippen LogP contribution in [0.25, 0.3) is 0 Å². The average Bonchev–Trinajstić information content (AvgIpc) is 2.14. The third kappa shape index (κ3) is 6.13. The lowest BCUT2D eigenvalue weighted by Gasteiger charge is -2.36. The molecule has 0 fully saturated rings. The molecule has 0 aliphatic rings. The molecule has 0 aromatic heterocycles. The molecule has 0 bridgehead atoms. The maximum absolute atomic E-state index is 9.79. The highest BCUT2D eigenvalue weighted by molar-refractivity contribution is 4.80. The lowest BCUT2D eigenvalue weighted by molar-refractivity contribution is 0.0243. The molecule has 0 radical (unpaired) electrons. The van der Waals surface area contributed by atoms with E-state index in [0.717, 1.165) is 19.5 Å². The van der Waals surface area contributed by atoms with Gasteiger partial charge < -0.3 is 15.7 Å². The van der Waals surface area contributed by atoms with Gasteiger partial charge in [-0.2, -0.15) is 0 Å². The SMILES string of the molecule is CCN(CC(C)(C)O)CC(C)(CC)CN. The summed E-state index contributed by atoms with van der Waals surface area (Å²) in [7, 11) is 0. The Kier molecular flexibility index (Phi) is 5.78. The van der Waals surface area contributed by atoms with Crippen LogP contribution in [0.15, 0.2) is 0 Å². The molecular formula is C12H28N2O. The number of hydrogen-bond acceptors (Lipinski definition) is 3. The van der Waals surface area contributed by atoms with Crippen molar-refractivity contribution in [3.05, 3.63) is 0 Å². The molecule has 0 aromatic rings. The Morgan fingerprint density at radius 2 is 1.67 bits per heavy atom. The van der Waals surface area contributed by atoms with Crippen LogP contribution in [-0.4, -0.2) is 41.8 Å². The zero-order valence-corrected chi connectivity index (χ0v) is 11.0. The van der Waals surface area contributed by atoms with Gasteiger partial charge in [-0.05, 0) is 38.8 Å². The number of rotatable bonds is 7. The molecule has 0 aliphatic carbocycles. The first-order valence-corrected chi connectivity index (χ1v) is 5.91. The number of nitrogens with zero attached hydrogens (tertiary/aromatic N) is 1. The zero-order chi connectivity index (χ0) is 12.1. The summed E-state index contributed by atoms with van der Waals surface area (Å²) in [6.07, 6.45) is 1.08. The summed E-state index contributed by atoms with van der Waals surface area (Å²) in [6, 6.07) is 0. The maximum Gasteiger partial charge on any atom is 0.0718 e. The summed E-state index contributed by atoms with van der Waals surface area (Å²) in [5.74, 6) is 0. The Morgan fingerprint density at radius 1 is 1.13 bits per heavy atom. The van der Waals surface area contributed by atoms with E-state index in [0.29, 0.717) is 13.1 Å². The number of hydrogen-bond donors (Lipinski definition) is 2. The van der Waals surface area contributed by atoms with Crippen LogP contribution in [0.2, 0.25) is 0 Å². The van der Waals surface area contributed by atoms with Crippen LogP contribution >= 0.6 is 0 Å². The van der Waals surface area contributed by atoms with Crippen molar-refractivity contribution >= 4 is 0 Å². The smallest absolute Gasteiger partial charge is 0.0718 e. The van der Waals surface area contributed by atoms with Gasteiger partial charge >= 0.3 is 0 Å². The van der Waals surface area contributed by atoms with Gasteiger partial charge in [-0.3, -0.25) is 0 Å². The molecular weight excluding hydrogens is 188 g/mol. The van der Waals surface area contributed by atoms with Crippen molar-refractivity contribution < 1.29 is 5.11 Å². The Hall–Kier alpha value is -0.120. The van der Waals surface area contributed by atoms with Gasteiger partial charge in [0.25, 0.3) is 0 Å². The van der Waals surface area contributed by atoms with Gasteiger partial charge in [-0.15, -0.1) is 0 Å². The third-order valence-electron chi connectivity index (χ3n) is 3.01. The fraction of sp³-hybridized carbons (Fsp3) is 1.00. The van der Waals surface area contributed by atoms with E-state index in [9.17, 15) is 5.11 Å². The zero-order valence-electron chi connectivity index (χ0n) is 11.0. The normalized spacial score (nSPS) is 16.8. The van der Waals surface area contributed by atoms with Crippen molar-refractivity contribution in [2.45, 2.75) is 46.6 Å². The molecule has 0 spiro atoms. The molecule has 3 nitrogen and oxygen atoms in total. The van der Waals surface area contributed by atoms with Gasteiger partial charge in [-0.1, -0.05) is 20.8 Å². The Bertz CT molecular complexity index is 171. The minimum absolute atomic E-state index is 0.168. The third-order valence-corrected chi connectivity index (χ3v) is 3.01. The predicted octanol–water partition coefficient (Wildman–Crippen LogP) is 1.45. The highest BCUT2D eigenvalue weighted by atomic mass is 16.3. The van der Waals surface area contributed by atoms with Crippen LogP contribution in [0, 0.1) is 5.41 Å². The van der Waals surface area contributed by atoms with Crippen molar-refractivity contribution in [3.8, 4) is 0 Å². The number of likely N-dealkylation sites (N-methyl/N-ethyl adjacent to an activating group) is 1. The minimum Gasteiger partial charge on any atom is -0.389 e. The van der Waals surface area contributed by atoms with Gasteiger partial charge in [0.1, 0.15) is 0 Å². The monoisotopic (exact) mass is 216 g/mol. The van der Waals surface area contributed by atoms with Crippen LogP contribution in [0.5, 0.6) is 0 Å². The van der Waals surface area contributed by atoms with Crippen molar-refractivity contribution in [3.63, 3.8) is 0 Å². The summed E-state index contributed by atoms with van der Waals surface area (Å²) in [5, 5.41) is 9.79. The number of aliphatic hydroxyl groups is 1. The van der Waals surface area contributed by atoms with E-state index < -0.39 is 5.60 Å². The fourth-order valence-corrected chi connectivity index (χ4v) is 1.69. The lowest BCUT2D eigenvalue weighted by atomic mass is 9.87. The average molecular weight is 216 g/mol. The van der Waals surface area contributed by atoms with E-state index in [-0.39, 0.29) is 5.41 Å². The molecule has 0 aromatic carbocycles. The first-order chi connectivity index (χ1) is 6.76. The molecule has 0 rings (SSSR count). The maximum atomic E-state index is 9.79. The molecule has 0 amide bonds. The second-order valence-electron chi connectivity index (χ2n) is 5.48. The predicted molar refractivity (Wildman–Crippen MR) is 65.9 cm³/mol. The Balaban J connectivity index is 4.32. The molecule has 1 unspecified atom stereocenters. The van der Waals surface area contributed by atoms with Gasteiger partial charge in [-0.25, -0.2) is 0 Å². The highest BCUT2D eigenvalue weighted by Crippen LogP contribution is 2.21. The van der Waals surface area contributed by atoms with E-state index in [1.165, 1.54) is 0 Å². The summed E-state index contributed by atoms with van der Waals surface area (Å²) < 4.78 is 0. The van der Waals surface area contributed by atoms with Crippen molar-refractivity contribution in [1.82, 2.24) is 4.90 Å². The molecule has 0 aliphatic heterocycles. The molecule has 0 saturated heterocycles. The van der Waals surface area contributed by atoms with E-state index in [1.54, 1.807) is 0 Å². The second-order valence-corrected chi connectivity index (χ2v) is 5.48. The van der Waals surface area contributed by atoms with Crippen LogP contribution < -0.4 is 5.73 Å². The molecule has 3 heteroatoms.